The minimum absolute atomic E-state index is 0. The van der Waals surface area contributed by atoms with E-state index in [2.05, 4.69) is 5.32 Å². The molecule has 3 nitrogen and oxygen atoms in total. The van der Waals surface area contributed by atoms with Gasteiger partial charge in [-0.15, -0.1) is 12.4 Å². The van der Waals surface area contributed by atoms with Gasteiger partial charge in [0.05, 0.1) is 0 Å². The Morgan fingerprint density at radius 3 is 2.84 bits per heavy atom. The maximum Gasteiger partial charge on any atom is 0.224 e. The molecule has 0 aliphatic carbocycles. The molecule has 106 valence electrons. The summed E-state index contributed by atoms with van der Waals surface area (Å²) >= 11 is 0. The Labute approximate surface area is 119 Å². The summed E-state index contributed by atoms with van der Waals surface area (Å²) in [6.45, 7) is 1.33. The fraction of sp³-hybridized carbons (Fsp3) is 0.500. The summed E-state index contributed by atoms with van der Waals surface area (Å²) in [5.74, 6) is -0.186. The fourth-order valence-electron chi connectivity index (χ4n) is 2.27. The van der Waals surface area contributed by atoms with Crippen molar-refractivity contribution < 1.29 is 9.18 Å². The number of rotatable bonds is 4. The second-order valence-electron chi connectivity index (χ2n) is 4.84. The molecular formula is C14H20ClFN2O. The van der Waals surface area contributed by atoms with Crippen LogP contribution >= 0.6 is 12.4 Å². The van der Waals surface area contributed by atoms with Gasteiger partial charge in [0.1, 0.15) is 5.82 Å². The zero-order chi connectivity index (χ0) is 13.0. The molecule has 0 radical (unpaired) electrons. The smallest absolute Gasteiger partial charge is 0.224 e. The zero-order valence-electron chi connectivity index (χ0n) is 11.1. The Kier molecular flexibility index (Phi) is 6.25. The maximum atomic E-state index is 13.5. The Hall–Kier alpha value is -1.13. The number of halogens is 2. The number of nitrogens with one attached hydrogen (secondary N) is 1. The van der Waals surface area contributed by atoms with Gasteiger partial charge >= 0.3 is 0 Å². The lowest BCUT2D eigenvalue weighted by atomic mass is 10.1. The molecule has 0 aromatic heterocycles. The van der Waals surface area contributed by atoms with Gasteiger partial charge in [0.25, 0.3) is 0 Å². The van der Waals surface area contributed by atoms with Gasteiger partial charge in [-0.25, -0.2) is 4.39 Å². The summed E-state index contributed by atoms with van der Waals surface area (Å²) < 4.78 is 13.5. The molecule has 1 aliphatic heterocycles. The molecule has 1 aliphatic rings. The van der Waals surface area contributed by atoms with E-state index < -0.39 is 0 Å². The van der Waals surface area contributed by atoms with E-state index in [1.165, 1.54) is 6.07 Å². The first-order chi connectivity index (χ1) is 8.66. The predicted octanol–water partition coefficient (Wildman–Crippen LogP) is 2.35. The Morgan fingerprint density at radius 1 is 1.47 bits per heavy atom. The molecule has 1 heterocycles. The fourth-order valence-corrected chi connectivity index (χ4v) is 2.27. The average molecular weight is 287 g/mol. The molecule has 1 aromatic rings. The van der Waals surface area contributed by atoms with Gasteiger partial charge in [0.2, 0.25) is 5.91 Å². The molecule has 5 heteroatoms. The van der Waals surface area contributed by atoms with E-state index in [9.17, 15) is 9.18 Å². The Bertz CT molecular complexity index is 422. The van der Waals surface area contributed by atoms with E-state index in [-0.39, 0.29) is 24.1 Å². The highest BCUT2D eigenvalue weighted by molar-refractivity contribution is 5.85. The van der Waals surface area contributed by atoms with Crippen LogP contribution in [0.2, 0.25) is 0 Å². The number of benzene rings is 1. The lowest BCUT2D eigenvalue weighted by molar-refractivity contribution is -0.130. The van der Waals surface area contributed by atoms with Crippen LogP contribution in [0.5, 0.6) is 0 Å². The third kappa shape index (κ3) is 4.48. The lowest BCUT2D eigenvalue weighted by Gasteiger charge is -2.19. The van der Waals surface area contributed by atoms with Crippen LogP contribution in [-0.4, -0.2) is 30.4 Å². The van der Waals surface area contributed by atoms with E-state index in [0.717, 1.165) is 19.4 Å². The van der Waals surface area contributed by atoms with Crippen molar-refractivity contribution in [1.82, 2.24) is 10.2 Å². The first-order valence-corrected chi connectivity index (χ1v) is 6.37. The van der Waals surface area contributed by atoms with E-state index >= 15 is 0 Å². The number of carbonyl (C=O) groups excluding carboxylic acids is 1. The van der Waals surface area contributed by atoms with Crippen LogP contribution in [0.15, 0.2) is 24.3 Å². The molecule has 1 amide bonds. The number of hydrogen-bond acceptors (Lipinski definition) is 2. The van der Waals surface area contributed by atoms with Crippen molar-refractivity contribution in [3.05, 3.63) is 35.6 Å². The largest absolute Gasteiger partial charge is 0.341 e. The van der Waals surface area contributed by atoms with Crippen molar-refractivity contribution in [1.29, 1.82) is 0 Å². The van der Waals surface area contributed by atoms with Crippen LogP contribution in [0.25, 0.3) is 0 Å². The van der Waals surface area contributed by atoms with Crippen LogP contribution in [0.1, 0.15) is 24.8 Å². The van der Waals surface area contributed by atoms with Crippen molar-refractivity contribution in [2.75, 3.05) is 13.6 Å². The molecular weight excluding hydrogens is 267 g/mol. The number of carbonyl (C=O) groups is 1. The average Bonchev–Trinajstić information content (AvgIpc) is 2.84. The van der Waals surface area contributed by atoms with Gasteiger partial charge in [-0.05, 0) is 25.5 Å². The topological polar surface area (TPSA) is 32.3 Å². The number of hydrogen-bond donors (Lipinski definition) is 1. The first-order valence-electron chi connectivity index (χ1n) is 6.37. The monoisotopic (exact) mass is 286 g/mol. The van der Waals surface area contributed by atoms with Gasteiger partial charge in [0.15, 0.2) is 0 Å². The summed E-state index contributed by atoms with van der Waals surface area (Å²) in [7, 11) is 1.73. The molecule has 2 rings (SSSR count). The van der Waals surface area contributed by atoms with Gasteiger partial charge in [-0.3, -0.25) is 4.79 Å². The molecule has 0 bridgehead atoms. The molecule has 1 fully saturated rings. The predicted molar refractivity (Wildman–Crippen MR) is 75.8 cm³/mol. The normalized spacial score (nSPS) is 17.9. The lowest BCUT2D eigenvalue weighted by Crippen LogP contribution is -2.33. The Morgan fingerprint density at radius 2 is 2.21 bits per heavy atom. The highest BCUT2D eigenvalue weighted by Crippen LogP contribution is 2.13. The summed E-state index contributed by atoms with van der Waals surface area (Å²) in [5.41, 5.74) is 0.563. The molecule has 1 N–H and O–H groups in total. The quantitative estimate of drug-likeness (QED) is 0.921. The first kappa shape index (κ1) is 15.9. The van der Waals surface area contributed by atoms with Gasteiger partial charge in [-0.2, -0.15) is 0 Å². The third-order valence-corrected chi connectivity index (χ3v) is 3.37. The van der Waals surface area contributed by atoms with Crippen molar-refractivity contribution >= 4 is 18.3 Å². The second kappa shape index (κ2) is 7.46. The van der Waals surface area contributed by atoms with Crippen LogP contribution in [0.4, 0.5) is 4.39 Å². The van der Waals surface area contributed by atoms with Crippen LogP contribution < -0.4 is 5.32 Å². The van der Waals surface area contributed by atoms with Gasteiger partial charge in [0, 0.05) is 31.6 Å². The van der Waals surface area contributed by atoms with Crippen molar-refractivity contribution in [3.8, 4) is 0 Å². The van der Waals surface area contributed by atoms with E-state index in [4.69, 9.17) is 0 Å². The van der Waals surface area contributed by atoms with E-state index in [1.54, 1.807) is 30.1 Å². The van der Waals surface area contributed by atoms with Crippen molar-refractivity contribution in [3.63, 3.8) is 0 Å². The highest BCUT2D eigenvalue weighted by Gasteiger charge is 2.20. The standard InChI is InChI=1S/C14H19FN2O.ClH/c1-17(10-11-5-2-3-7-13(11)15)14(18)9-12-6-4-8-16-12;/h2-3,5,7,12,16H,4,6,8-10H2,1H3;1H. The van der Waals surface area contributed by atoms with Crippen LogP contribution in [-0.2, 0) is 11.3 Å². The highest BCUT2D eigenvalue weighted by atomic mass is 35.5. The van der Waals surface area contributed by atoms with E-state index in [1.807, 2.05) is 0 Å². The maximum absolute atomic E-state index is 13.5. The zero-order valence-corrected chi connectivity index (χ0v) is 11.9. The molecule has 0 spiro atoms. The summed E-state index contributed by atoms with van der Waals surface area (Å²) in [5, 5.41) is 3.30. The number of amides is 1. The minimum Gasteiger partial charge on any atom is -0.341 e. The molecule has 0 saturated carbocycles. The summed E-state index contributed by atoms with van der Waals surface area (Å²) in [6.07, 6.45) is 2.69. The molecule has 1 saturated heterocycles. The second-order valence-corrected chi connectivity index (χ2v) is 4.84. The van der Waals surface area contributed by atoms with Crippen LogP contribution in [0.3, 0.4) is 0 Å². The third-order valence-electron chi connectivity index (χ3n) is 3.37. The molecule has 19 heavy (non-hydrogen) atoms. The van der Waals surface area contributed by atoms with E-state index in [0.29, 0.717) is 24.6 Å². The Balaban J connectivity index is 0.00000180. The molecule has 1 unspecified atom stereocenters. The van der Waals surface area contributed by atoms with Crippen LogP contribution in [0, 0.1) is 5.82 Å². The van der Waals surface area contributed by atoms with Crippen molar-refractivity contribution in [2.45, 2.75) is 31.8 Å². The summed E-state index contributed by atoms with van der Waals surface area (Å²) in [4.78, 5) is 13.6. The number of nitrogens with zero attached hydrogens (tertiary/aromatic N) is 1. The SMILES string of the molecule is CN(Cc1ccccc1F)C(=O)CC1CCCN1.Cl. The van der Waals surface area contributed by atoms with Crippen molar-refractivity contribution in [2.24, 2.45) is 0 Å². The summed E-state index contributed by atoms with van der Waals surface area (Å²) in [6, 6.07) is 6.87. The molecule has 1 atom stereocenters. The minimum atomic E-state index is -0.254. The van der Waals surface area contributed by atoms with Gasteiger partial charge < -0.3 is 10.2 Å². The molecule has 1 aromatic carbocycles. The van der Waals surface area contributed by atoms with Gasteiger partial charge in [-0.1, -0.05) is 18.2 Å².